The molecule has 0 aliphatic rings. The lowest BCUT2D eigenvalue weighted by molar-refractivity contribution is 0.305. The first-order valence-corrected chi connectivity index (χ1v) is 6.95. The summed E-state index contributed by atoms with van der Waals surface area (Å²) in [5, 5.41) is 9.65. The molecule has 0 heterocycles. The van der Waals surface area contributed by atoms with Gasteiger partial charge in [0, 0.05) is 6.07 Å². The van der Waals surface area contributed by atoms with Crippen molar-refractivity contribution in [3.63, 3.8) is 0 Å². The summed E-state index contributed by atoms with van der Waals surface area (Å²) in [7, 11) is 0. The molecular weight excluding hydrogens is 272 g/mol. The Kier molecular flexibility index (Phi) is 4.24. The first kappa shape index (κ1) is 14.7. The Bertz CT molecular complexity index is 583. The standard InChI is InChI=1S/C17H19ClO2/c1-17(2,3)13-6-4-12(5-7-13)11-20-14-8-9-16(19)15(18)10-14/h4-10,19H,11H2,1-3H3. The Labute approximate surface area is 125 Å². The molecule has 0 amide bonds. The second kappa shape index (κ2) is 5.76. The van der Waals surface area contributed by atoms with Gasteiger partial charge in [0.25, 0.3) is 0 Å². The van der Waals surface area contributed by atoms with E-state index in [4.69, 9.17) is 16.3 Å². The normalized spacial score (nSPS) is 11.4. The van der Waals surface area contributed by atoms with Crippen LogP contribution in [0.15, 0.2) is 42.5 Å². The zero-order chi connectivity index (χ0) is 14.8. The molecule has 2 rings (SSSR count). The quantitative estimate of drug-likeness (QED) is 0.869. The van der Waals surface area contributed by atoms with E-state index in [9.17, 15) is 5.11 Å². The van der Waals surface area contributed by atoms with Crippen LogP contribution in [-0.2, 0) is 12.0 Å². The molecule has 0 aromatic heterocycles. The van der Waals surface area contributed by atoms with Gasteiger partial charge in [-0.25, -0.2) is 0 Å². The van der Waals surface area contributed by atoms with Gasteiger partial charge < -0.3 is 9.84 Å². The number of hydrogen-bond acceptors (Lipinski definition) is 2. The molecule has 0 saturated carbocycles. The number of phenolic OH excluding ortho intramolecular Hbond substituents is 1. The topological polar surface area (TPSA) is 29.5 Å². The van der Waals surface area contributed by atoms with Gasteiger partial charge in [-0.15, -0.1) is 0 Å². The average molecular weight is 291 g/mol. The third-order valence-corrected chi connectivity index (χ3v) is 3.45. The van der Waals surface area contributed by atoms with Crippen LogP contribution in [0.3, 0.4) is 0 Å². The molecule has 106 valence electrons. The van der Waals surface area contributed by atoms with Gasteiger partial charge in [-0.05, 0) is 28.7 Å². The summed E-state index contributed by atoms with van der Waals surface area (Å²) in [6, 6.07) is 13.2. The third kappa shape index (κ3) is 3.67. The largest absolute Gasteiger partial charge is 0.506 e. The SMILES string of the molecule is CC(C)(C)c1ccc(COc2ccc(O)c(Cl)c2)cc1. The minimum absolute atomic E-state index is 0.0635. The highest BCUT2D eigenvalue weighted by Crippen LogP contribution is 2.28. The molecule has 1 N–H and O–H groups in total. The molecule has 0 spiro atoms. The molecule has 2 aromatic rings. The monoisotopic (exact) mass is 290 g/mol. The van der Waals surface area contributed by atoms with Crippen molar-refractivity contribution in [1.29, 1.82) is 0 Å². The van der Waals surface area contributed by atoms with Crippen molar-refractivity contribution in [3.8, 4) is 11.5 Å². The van der Waals surface area contributed by atoms with Crippen molar-refractivity contribution in [1.82, 2.24) is 0 Å². The average Bonchev–Trinajstić information content (AvgIpc) is 2.40. The molecule has 0 saturated heterocycles. The van der Waals surface area contributed by atoms with Crippen LogP contribution in [0.5, 0.6) is 11.5 Å². The van der Waals surface area contributed by atoms with E-state index in [1.165, 1.54) is 11.6 Å². The van der Waals surface area contributed by atoms with E-state index in [0.29, 0.717) is 17.4 Å². The predicted molar refractivity (Wildman–Crippen MR) is 82.6 cm³/mol. The van der Waals surface area contributed by atoms with E-state index in [0.717, 1.165) is 5.56 Å². The fraction of sp³-hybridized carbons (Fsp3) is 0.294. The maximum atomic E-state index is 9.35. The summed E-state index contributed by atoms with van der Waals surface area (Å²) < 4.78 is 5.66. The summed E-state index contributed by atoms with van der Waals surface area (Å²) >= 11 is 5.84. The molecule has 2 nitrogen and oxygen atoms in total. The van der Waals surface area contributed by atoms with Crippen molar-refractivity contribution >= 4 is 11.6 Å². The molecule has 0 aliphatic heterocycles. The van der Waals surface area contributed by atoms with Crippen LogP contribution in [0.2, 0.25) is 5.02 Å². The Balaban J connectivity index is 2.02. The van der Waals surface area contributed by atoms with Gasteiger partial charge in [0.05, 0.1) is 5.02 Å². The van der Waals surface area contributed by atoms with E-state index in [1.54, 1.807) is 12.1 Å². The molecule has 0 fully saturated rings. The Morgan fingerprint density at radius 1 is 1.05 bits per heavy atom. The van der Waals surface area contributed by atoms with Gasteiger partial charge in [0.1, 0.15) is 18.1 Å². The molecule has 0 unspecified atom stereocenters. The lowest BCUT2D eigenvalue weighted by Crippen LogP contribution is -2.10. The minimum atomic E-state index is 0.0635. The van der Waals surface area contributed by atoms with Crippen molar-refractivity contribution in [2.45, 2.75) is 32.8 Å². The van der Waals surface area contributed by atoms with Gasteiger partial charge in [-0.3, -0.25) is 0 Å². The van der Waals surface area contributed by atoms with E-state index in [1.807, 2.05) is 0 Å². The summed E-state index contributed by atoms with van der Waals surface area (Å²) in [5.41, 5.74) is 2.56. The first-order valence-electron chi connectivity index (χ1n) is 6.57. The lowest BCUT2D eigenvalue weighted by Gasteiger charge is -2.19. The molecular formula is C17H19ClO2. The second-order valence-corrected chi connectivity index (χ2v) is 6.26. The first-order chi connectivity index (χ1) is 9.36. The zero-order valence-electron chi connectivity index (χ0n) is 12.0. The Hall–Kier alpha value is -1.67. The highest BCUT2D eigenvalue weighted by Gasteiger charge is 2.12. The van der Waals surface area contributed by atoms with Gasteiger partial charge in [-0.1, -0.05) is 56.6 Å². The summed E-state index contributed by atoms with van der Waals surface area (Å²) in [5.74, 6) is 0.709. The van der Waals surface area contributed by atoms with Crippen molar-refractivity contribution in [3.05, 3.63) is 58.6 Å². The lowest BCUT2D eigenvalue weighted by atomic mass is 9.87. The number of benzene rings is 2. The Morgan fingerprint density at radius 2 is 1.70 bits per heavy atom. The van der Waals surface area contributed by atoms with Gasteiger partial charge >= 0.3 is 0 Å². The fourth-order valence-electron chi connectivity index (χ4n) is 1.85. The van der Waals surface area contributed by atoms with E-state index in [-0.39, 0.29) is 11.2 Å². The van der Waals surface area contributed by atoms with E-state index >= 15 is 0 Å². The molecule has 0 aliphatic carbocycles. The second-order valence-electron chi connectivity index (χ2n) is 5.85. The Morgan fingerprint density at radius 3 is 2.25 bits per heavy atom. The summed E-state index contributed by atoms with van der Waals surface area (Å²) in [4.78, 5) is 0. The molecule has 0 atom stereocenters. The highest BCUT2D eigenvalue weighted by molar-refractivity contribution is 6.32. The van der Waals surface area contributed by atoms with E-state index < -0.39 is 0 Å². The minimum Gasteiger partial charge on any atom is -0.506 e. The molecule has 0 bridgehead atoms. The third-order valence-electron chi connectivity index (χ3n) is 3.14. The van der Waals surface area contributed by atoms with Gasteiger partial charge in [-0.2, -0.15) is 0 Å². The summed E-state index contributed by atoms with van der Waals surface area (Å²) in [6.07, 6.45) is 0. The number of rotatable bonds is 3. The zero-order valence-corrected chi connectivity index (χ0v) is 12.7. The molecule has 20 heavy (non-hydrogen) atoms. The van der Waals surface area contributed by atoms with Gasteiger partial charge in [0.2, 0.25) is 0 Å². The number of halogens is 1. The number of phenols is 1. The molecule has 2 aromatic carbocycles. The van der Waals surface area contributed by atoms with Crippen LogP contribution in [0.1, 0.15) is 31.9 Å². The van der Waals surface area contributed by atoms with E-state index in [2.05, 4.69) is 45.0 Å². The number of aromatic hydroxyl groups is 1. The molecule has 3 heteroatoms. The van der Waals surface area contributed by atoms with Crippen LogP contribution in [0.25, 0.3) is 0 Å². The fourth-order valence-corrected chi connectivity index (χ4v) is 2.02. The van der Waals surface area contributed by atoms with Crippen molar-refractivity contribution in [2.75, 3.05) is 0 Å². The van der Waals surface area contributed by atoms with Crippen LogP contribution in [0.4, 0.5) is 0 Å². The smallest absolute Gasteiger partial charge is 0.134 e. The van der Waals surface area contributed by atoms with Crippen molar-refractivity contribution in [2.24, 2.45) is 0 Å². The van der Waals surface area contributed by atoms with Crippen molar-refractivity contribution < 1.29 is 9.84 Å². The number of ether oxygens (including phenoxy) is 1. The molecule has 0 radical (unpaired) electrons. The van der Waals surface area contributed by atoms with Crippen LogP contribution >= 0.6 is 11.6 Å². The highest BCUT2D eigenvalue weighted by atomic mass is 35.5. The van der Waals surface area contributed by atoms with Crippen LogP contribution in [-0.4, -0.2) is 5.11 Å². The maximum absolute atomic E-state index is 9.35. The summed E-state index contributed by atoms with van der Waals surface area (Å²) in [6.45, 7) is 7.05. The van der Waals surface area contributed by atoms with Crippen LogP contribution in [0, 0.1) is 0 Å². The van der Waals surface area contributed by atoms with Gasteiger partial charge in [0.15, 0.2) is 0 Å². The number of hydrogen-bond donors (Lipinski definition) is 1. The maximum Gasteiger partial charge on any atom is 0.134 e. The predicted octanol–water partition coefficient (Wildman–Crippen LogP) is 4.92. The van der Waals surface area contributed by atoms with Crippen LogP contribution < -0.4 is 4.74 Å².